The first-order valence-corrected chi connectivity index (χ1v) is 16.6. The minimum absolute atomic E-state index is 0.156. The molecule has 0 amide bonds. The van der Waals surface area contributed by atoms with Crippen molar-refractivity contribution in [1.82, 2.24) is 0 Å². The summed E-state index contributed by atoms with van der Waals surface area (Å²) in [4.78, 5) is 0. The molecule has 222 valence electrons. The van der Waals surface area contributed by atoms with Gasteiger partial charge in [0.15, 0.2) is 0 Å². The molecule has 5 nitrogen and oxygen atoms in total. The Bertz CT molecular complexity index is 1380. The lowest BCUT2D eigenvalue weighted by molar-refractivity contribution is -0.0500. The number of aryl methyl sites for hydroxylation is 1. The van der Waals surface area contributed by atoms with E-state index in [4.69, 9.17) is 9.16 Å². The summed E-state index contributed by atoms with van der Waals surface area (Å²) in [5, 5.41) is 2.21. The van der Waals surface area contributed by atoms with Crippen LogP contribution < -0.4 is 19.3 Å². The summed E-state index contributed by atoms with van der Waals surface area (Å²) >= 11 is 0. The largest absolute Gasteiger partial charge is 0.534 e. The maximum absolute atomic E-state index is 12.9. The molecule has 0 N–H and O–H groups in total. The lowest BCUT2D eigenvalue weighted by Gasteiger charge is -2.42. The number of halogens is 3. The highest BCUT2D eigenvalue weighted by Crippen LogP contribution is 2.37. The van der Waals surface area contributed by atoms with Crippen LogP contribution in [-0.4, -0.2) is 36.0 Å². The molecule has 0 saturated carbocycles. The van der Waals surface area contributed by atoms with E-state index in [1.54, 1.807) is 0 Å². The van der Waals surface area contributed by atoms with Crippen LogP contribution in [0.1, 0.15) is 46.1 Å². The Labute approximate surface area is 242 Å². The molecule has 0 saturated heterocycles. The zero-order chi connectivity index (χ0) is 30.3. The molecule has 0 aliphatic carbocycles. The highest BCUT2D eigenvalue weighted by atomic mass is 32.2. The van der Waals surface area contributed by atoms with Gasteiger partial charge in [-0.05, 0) is 65.4 Å². The maximum atomic E-state index is 12.9. The summed E-state index contributed by atoms with van der Waals surface area (Å²) in [6.45, 7) is 9.01. The van der Waals surface area contributed by atoms with Gasteiger partial charge in [0.1, 0.15) is 11.5 Å². The Kier molecular flexibility index (Phi) is 10.5. The average molecular weight is 607 g/mol. The van der Waals surface area contributed by atoms with Crippen molar-refractivity contribution in [1.29, 1.82) is 0 Å². The van der Waals surface area contributed by atoms with Crippen LogP contribution in [0.2, 0.25) is 5.04 Å². The van der Waals surface area contributed by atoms with Gasteiger partial charge in [0.25, 0.3) is 8.32 Å². The van der Waals surface area contributed by atoms with E-state index in [2.05, 4.69) is 49.2 Å². The lowest BCUT2D eigenvalue weighted by atomic mass is 10.0. The van der Waals surface area contributed by atoms with Gasteiger partial charge in [-0.3, -0.25) is 0 Å². The summed E-state index contributed by atoms with van der Waals surface area (Å²) in [6.07, 6.45) is 3.51. The summed E-state index contributed by atoms with van der Waals surface area (Å²) in [7, 11) is -7.04. The van der Waals surface area contributed by atoms with E-state index >= 15 is 0 Å². The molecule has 0 bridgehead atoms. The Hall–Kier alpha value is -3.08. The molecular formula is C31H37F3O5SSi. The fraction of sp³-hybridized carbons (Fsp3) is 0.355. The van der Waals surface area contributed by atoms with Gasteiger partial charge in [-0.2, -0.15) is 21.6 Å². The molecule has 0 atom stereocenters. The van der Waals surface area contributed by atoms with E-state index < -0.39 is 23.9 Å². The van der Waals surface area contributed by atoms with Crippen LogP contribution in [0, 0.1) is 0 Å². The maximum Gasteiger partial charge on any atom is 0.534 e. The van der Waals surface area contributed by atoms with Gasteiger partial charge >= 0.3 is 15.6 Å². The average Bonchev–Trinajstić information content (AvgIpc) is 2.91. The van der Waals surface area contributed by atoms with Crippen LogP contribution in [0.4, 0.5) is 13.2 Å². The van der Waals surface area contributed by atoms with Crippen molar-refractivity contribution < 1.29 is 34.9 Å². The van der Waals surface area contributed by atoms with E-state index in [9.17, 15) is 21.6 Å². The third kappa shape index (κ3) is 7.81. The Morgan fingerprint density at radius 1 is 0.902 bits per heavy atom. The molecule has 3 aromatic rings. The number of alkyl halides is 3. The molecule has 41 heavy (non-hydrogen) atoms. The first-order valence-electron chi connectivity index (χ1n) is 13.3. The number of allylic oxidation sites excluding steroid dienone is 1. The normalized spacial score (nSPS) is 13.2. The number of methoxy groups -OCH3 is 1. The SMILES string of the molecule is COc1ccc(OS(=O)(=O)C(F)(F)F)c(CCC/C(C)=C\CO[Si](c2ccccc2)(c2ccccc2)C(C)(C)C)c1. The van der Waals surface area contributed by atoms with E-state index in [-0.39, 0.29) is 10.8 Å². The van der Waals surface area contributed by atoms with E-state index in [0.717, 1.165) is 5.57 Å². The molecule has 0 heterocycles. The Balaban J connectivity index is 1.76. The van der Waals surface area contributed by atoms with Gasteiger partial charge < -0.3 is 13.3 Å². The van der Waals surface area contributed by atoms with Gasteiger partial charge in [-0.15, -0.1) is 0 Å². The quantitative estimate of drug-likeness (QED) is 0.0986. The minimum atomic E-state index is -5.78. The van der Waals surface area contributed by atoms with Crippen LogP contribution in [0.3, 0.4) is 0 Å². The van der Waals surface area contributed by atoms with Crippen molar-refractivity contribution in [3.05, 3.63) is 96.1 Å². The number of rotatable bonds is 12. The second-order valence-corrected chi connectivity index (χ2v) is 16.7. The summed E-state index contributed by atoms with van der Waals surface area (Å²) in [5.41, 5.74) is -4.15. The van der Waals surface area contributed by atoms with Crippen molar-refractivity contribution in [3.63, 3.8) is 0 Å². The molecule has 0 aliphatic heterocycles. The van der Waals surface area contributed by atoms with Crippen molar-refractivity contribution in [2.24, 2.45) is 0 Å². The third-order valence-corrected chi connectivity index (χ3v) is 12.9. The van der Waals surface area contributed by atoms with Gasteiger partial charge in [0.05, 0.1) is 13.7 Å². The number of hydrogen-bond donors (Lipinski definition) is 0. The molecule has 3 rings (SSSR count). The fourth-order valence-electron chi connectivity index (χ4n) is 4.86. The molecule has 10 heteroatoms. The van der Waals surface area contributed by atoms with Gasteiger partial charge in [0.2, 0.25) is 0 Å². The third-order valence-electron chi connectivity index (χ3n) is 6.92. The molecule has 0 aliphatic rings. The topological polar surface area (TPSA) is 61.8 Å². The van der Waals surface area contributed by atoms with Crippen molar-refractivity contribution in [2.75, 3.05) is 13.7 Å². The molecule has 0 spiro atoms. The molecule has 0 aromatic heterocycles. The van der Waals surface area contributed by atoms with Crippen LogP contribution in [0.5, 0.6) is 11.5 Å². The summed E-state index contributed by atoms with van der Waals surface area (Å²) in [6, 6.07) is 24.7. The van der Waals surface area contributed by atoms with E-state index in [1.807, 2.05) is 49.4 Å². The van der Waals surface area contributed by atoms with Crippen LogP contribution in [0.15, 0.2) is 90.5 Å². The summed E-state index contributed by atoms with van der Waals surface area (Å²) < 4.78 is 78.3. The standard InChI is InChI=1S/C31H37F3O5SSi/c1-24(13-12-14-25-23-26(37-5)19-20-29(25)39-40(35,36)31(32,33)34)21-22-38-41(30(2,3)4,27-15-8-6-9-16-27)28-17-10-7-11-18-28/h6-11,15-21,23H,12-14,22H2,1-5H3/b24-21-. The van der Waals surface area contributed by atoms with Crippen LogP contribution in [-0.2, 0) is 21.0 Å². The second-order valence-electron chi connectivity index (χ2n) is 10.8. The van der Waals surface area contributed by atoms with E-state index in [1.165, 1.54) is 35.7 Å². The highest BCUT2D eigenvalue weighted by Gasteiger charge is 2.50. The first-order chi connectivity index (χ1) is 19.2. The molecule has 0 fully saturated rings. The van der Waals surface area contributed by atoms with Gasteiger partial charge in [0, 0.05) is 0 Å². The zero-order valence-corrected chi connectivity index (χ0v) is 25.8. The number of ether oxygens (including phenoxy) is 1. The monoisotopic (exact) mass is 606 g/mol. The highest BCUT2D eigenvalue weighted by molar-refractivity contribution is 7.88. The lowest BCUT2D eigenvalue weighted by Crippen LogP contribution is -2.66. The second kappa shape index (κ2) is 13.3. The smallest absolute Gasteiger partial charge is 0.497 e. The van der Waals surface area contributed by atoms with Crippen molar-refractivity contribution in [2.45, 2.75) is 57.5 Å². The van der Waals surface area contributed by atoms with Crippen LogP contribution in [0.25, 0.3) is 0 Å². The summed E-state index contributed by atoms with van der Waals surface area (Å²) in [5.74, 6) is 0.0301. The molecular weight excluding hydrogens is 569 g/mol. The number of hydrogen-bond acceptors (Lipinski definition) is 5. The molecule has 0 radical (unpaired) electrons. The fourth-order valence-corrected chi connectivity index (χ4v) is 9.84. The van der Waals surface area contributed by atoms with E-state index in [0.29, 0.717) is 37.2 Å². The van der Waals surface area contributed by atoms with Gasteiger partial charge in [-0.1, -0.05) is 93.1 Å². The Morgan fingerprint density at radius 3 is 1.95 bits per heavy atom. The molecule has 3 aromatic carbocycles. The number of benzene rings is 3. The molecule has 0 unspecified atom stereocenters. The predicted molar refractivity (Wildman–Crippen MR) is 159 cm³/mol. The zero-order valence-electron chi connectivity index (χ0n) is 24.0. The van der Waals surface area contributed by atoms with Gasteiger partial charge in [-0.25, -0.2) is 0 Å². The van der Waals surface area contributed by atoms with Crippen LogP contribution >= 0.6 is 0 Å². The van der Waals surface area contributed by atoms with Crippen molar-refractivity contribution in [3.8, 4) is 11.5 Å². The van der Waals surface area contributed by atoms with Crippen molar-refractivity contribution >= 4 is 28.8 Å². The minimum Gasteiger partial charge on any atom is -0.497 e. The predicted octanol–water partition coefficient (Wildman–Crippen LogP) is 6.77. The first kappa shape index (κ1) is 32.4. The Morgan fingerprint density at radius 2 is 1.46 bits per heavy atom.